The zero-order chi connectivity index (χ0) is 10.5. The van der Waals surface area contributed by atoms with Crippen LogP contribution in [0.2, 0.25) is 0 Å². The van der Waals surface area contributed by atoms with Crippen molar-refractivity contribution in [2.24, 2.45) is 5.92 Å². The van der Waals surface area contributed by atoms with E-state index in [0.29, 0.717) is 0 Å². The second kappa shape index (κ2) is 4.84. The Labute approximate surface area is 90.9 Å². The van der Waals surface area contributed by atoms with Gasteiger partial charge >= 0.3 is 0 Å². The molecule has 0 atom stereocenters. The van der Waals surface area contributed by atoms with E-state index in [1.165, 1.54) is 25.7 Å². The third-order valence-corrected chi connectivity index (χ3v) is 3.06. The van der Waals surface area contributed by atoms with Gasteiger partial charge in [0.2, 0.25) is 0 Å². The molecule has 0 spiro atoms. The molecule has 78 valence electrons. The molecular weight excluding hydrogens is 184 g/mol. The van der Waals surface area contributed by atoms with Crippen LogP contribution in [-0.2, 0) is 0 Å². The molecule has 2 rings (SSSR count). The molecule has 0 amide bonds. The molecule has 1 aliphatic carbocycles. The first-order valence-corrected chi connectivity index (χ1v) is 5.62. The van der Waals surface area contributed by atoms with E-state index in [0.717, 1.165) is 23.7 Å². The summed E-state index contributed by atoms with van der Waals surface area (Å²) in [7, 11) is 0. The minimum Gasteiger partial charge on any atom is -0.385 e. The summed E-state index contributed by atoms with van der Waals surface area (Å²) in [5.41, 5.74) is 1.80. The molecule has 1 saturated carbocycles. The molecule has 0 aromatic heterocycles. The third-order valence-electron chi connectivity index (χ3n) is 3.06. The molecule has 2 nitrogen and oxygen atoms in total. The van der Waals surface area contributed by atoms with E-state index in [4.69, 9.17) is 5.26 Å². The molecule has 2 heteroatoms. The number of nitrogens with zero attached hydrogens (tertiary/aromatic N) is 1. The fourth-order valence-corrected chi connectivity index (χ4v) is 2.18. The standard InChI is InChI=1S/C13H16N2/c14-9-12-6-3-7-13(8-12)15-10-11-4-1-2-5-11/h3,6-8,11,15H,1-2,4-5,10H2. The molecule has 0 heterocycles. The molecule has 0 unspecified atom stereocenters. The van der Waals surface area contributed by atoms with E-state index < -0.39 is 0 Å². The topological polar surface area (TPSA) is 35.8 Å². The molecule has 1 fully saturated rings. The number of anilines is 1. The molecule has 0 radical (unpaired) electrons. The summed E-state index contributed by atoms with van der Waals surface area (Å²) in [6.45, 7) is 1.05. The zero-order valence-electron chi connectivity index (χ0n) is 8.87. The summed E-state index contributed by atoms with van der Waals surface area (Å²) >= 11 is 0. The molecule has 1 aromatic carbocycles. The van der Waals surface area contributed by atoms with E-state index >= 15 is 0 Å². The highest BCUT2D eigenvalue weighted by atomic mass is 14.9. The molecule has 1 aliphatic rings. The number of rotatable bonds is 3. The molecule has 0 bridgehead atoms. The van der Waals surface area contributed by atoms with E-state index in [2.05, 4.69) is 11.4 Å². The largest absolute Gasteiger partial charge is 0.385 e. The summed E-state index contributed by atoms with van der Waals surface area (Å²) in [5, 5.41) is 12.2. The molecule has 1 N–H and O–H groups in total. The van der Waals surface area contributed by atoms with Gasteiger partial charge in [-0.25, -0.2) is 0 Å². The van der Waals surface area contributed by atoms with Crippen LogP contribution in [0.1, 0.15) is 31.2 Å². The third kappa shape index (κ3) is 2.73. The lowest BCUT2D eigenvalue weighted by molar-refractivity contribution is 0.580. The van der Waals surface area contributed by atoms with Crippen molar-refractivity contribution in [3.8, 4) is 6.07 Å². The number of benzene rings is 1. The molecular formula is C13H16N2. The summed E-state index contributed by atoms with van der Waals surface area (Å²) in [6.07, 6.45) is 5.46. The zero-order valence-corrected chi connectivity index (χ0v) is 8.87. The summed E-state index contributed by atoms with van der Waals surface area (Å²) in [6, 6.07) is 9.85. The van der Waals surface area contributed by atoms with Crippen molar-refractivity contribution in [1.82, 2.24) is 0 Å². The molecule has 15 heavy (non-hydrogen) atoms. The van der Waals surface area contributed by atoms with Gasteiger partial charge in [-0.2, -0.15) is 5.26 Å². The Bertz CT molecular complexity index is 359. The number of hydrogen-bond acceptors (Lipinski definition) is 2. The van der Waals surface area contributed by atoms with Crippen LogP contribution in [0.3, 0.4) is 0 Å². The van der Waals surface area contributed by atoms with Crippen LogP contribution in [0.15, 0.2) is 24.3 Å². The molecule has 0 saturated heterocycles. The van der Waals surface area contributed by atoms with E-state index in [1.807, 2.05) is 24.3 Å². The van der Waals surface area contributed by atoms with E-state index in [-0.39, 0.29) is 0 Å². The SMILES string of the molecule is N#Cc1cccc(NCC2CCCC2)c1. The van der Waals surface area contributed by atoms with Crippen molar-refractivity contribution >= 4 is 5.69 Å². The van der Waals surface area contributed by atoms with Gasteiger partial charge < -0.3 is 5.32 Å². The van der Waals surface area contributed by atoms with Crippen molar-refractivity contribution in [3.63, 3.8) is 0 Å². The average Bonchev–Trinajstić information content (AvgIpc) is 2.79. The Morgan fingerprint density at radius 2 is 2.13 bits per heavy atom. The second-order valence-electron chi connectivity index (χ2n) is 4.22. The Balaban J connectivity index is 1.90. The fourth-order valence-electron chi connectivity index (χ4n) is 2.18. The van der Waals surface area contributed by atoms with Crippen LogP contribution in [0, 0.1) is 17.2 Å². The second-order valence-corrected chi connectivity index (χ2v) is 4.22. The Hall–Kier alpha value is -1.49. The van der Waals surface area contributed by atoms with Gasteiger partial charge in [0.05, 0.1) is 11.6 Å². The van der Waals surface area contributed by atoms with Gasteiger partial charge in [-0.05, 0) is 37.0 Å². The normalized spacial score (nSPS) is 16.2. The molecule has 0 aliphatic heterocycles. The number of hydrogen-bond donors (Lipinski definition) is 1. The minimum absolute atomic E-state index is 0.728. The summed E-state index contributed by atoms with van der Waals surface area (Å²) < 4.78 is 0. The van der Waals surface area contributed by atoms with Crippen LogP contribution in [-0.4, -0.2) is 6.54 Å². The number of nitriles is 1. The van der Waals surface area contributed by atoms with Crippen LogP contribution in [0.25, 0.3) is 0 Å². The first-order chi connectivity index (χ1) is 7.38. The van der Waals surface area contributed by atoms with Crippen molar-refractivity contribution in [2.45, 2.75) is 25.7 Å². The first kappa shape index (κ1) is 10.0. The lowest BCUT2D eigenvalue weighted by Crippen LogP contribution is -2.10. The quantitative estimate of drug-likeness (QED) is 0.813. The number of nitrogens with one attached hydrogen (secondary N) is 1. The van der Waals surface area contributed by atoms with E-state index in [9.17, 15) is 0 Å². The van der Waals surface area contributed by atoms with Gasteiger partial charge in [-0.15, -0.1) is 0 Å². The Kier molecular flexibility index (Phi) is 3.24. The van der Waals surface area contributed by atoms with Gasteiger partial charge in [0.15, 0.2) is 0 Å². The van der Waals surface area contributed by atoms with Gasteiger partial charge in [0.1, 0.15) is 0 Å². The fraction of sp³-hybridized carbons (Fsp3) is 0.462. The first-order valence-electron chi connectivity index (χ1n) is 5.62. The highest BCUT2D eigenvalue weighted by Gasteiger charge is 2.14. The lowest BCUT2D eigenvalue weighted by atomic mass is 10.1. The monoisotopic (exact) mass is 200 g/mol. The maximum atomic E-state index is 8.76. The van der Waals surface area contributed by atoms with E-state index in [1.54, 1.807) is 0 Å². The minimum atomic E-state index is 0.728. The lowest BCUT2D eigenvalue weighted by Gasteiger charge is -2.11. The predicted molar refractivity (Wildman–Crippen MR) is 61.6 cm³/mol. The van der Waals surface area contributed by atoms with Crippen LogP contribution < -0.4 is 5.32 Å². The summed E-state index contributed by atoms with van der Waals surface area (Å²) in [5.74, 6) is 0.829. The predicted octanol–water partition coefficient (Wildman–Crippen LogP) is 3.16. The van der Waals surface area contributed by atoms with Gasteiger partial charge in [-0.1, -0.05) is 18.9 Å². The van der Waals surface area contributed by atoms with Crippen molar-refractivity contribution < 1.29 is 0 Å². The Morgan fingerprint density at radius 1 is 1.33 bits per heavy atom. The van der Waals surface area contributed by atoms with Gasteiger partial charge in [0.25, 0.3) is 0 Å². The smallest absolute Gasteiger partial charge is 0.0992 e. The van der Waals surface area contributed by atoms with Gasteiger partial charge in [0, 0.05) is 12.2 Å². The van der Waals surface area contributed by atoms with Crippen LogP contribution in [0.4, 0.5) is 5.69 Å². The van der Waals surface area contributed by atoms with Crippen molar-refractivity contribution in [3.05, 3.63) is 29.8 Å². The maximum Gasteiger partial charge on any atom is 0.0992 e. The molecule has 1 aromatic rings. The average molecular weight is 200 g/mol. The van der Waals surface area contributed by atoms with Crippen LogP contribution in [0.5, 0.6) is 0 Å². The maximum absolute atomic E-state index is 8.76. The highest BCUT2D eigenvalue weighted by Crippen LogP contribution is 2.25. The highest BCUT2D eigenvalue weighted by molar-refractivity contribution is 5.49. The van der Waals surface area contributed by atoms with Crippen LogP contribution >= 0.6 is 0 Å². The van der Waals surface area contributed by atoms with Crippen molar-refractivity contribution in [1.29, 1.82) is 5.26 Å². The summed E-state index contributed by atoms with van der Waals surface area (Å²) in [4.78, 5) is 0. The Morgan fingerprint density at radius 3 is 2.87 bits per heavy atom. The van der Waals surface area contributed by atoms with Gasteiger partial charge in [-0.3, -0.25) is 0 Å². The van der Waals surface area contributed by atoms with Crippen molar-refractivity contribution in [2.75, 3.05) is 11.9 Å².